The third-order valence-corrected chi connectivity index (χ3v) is 2.45. The van der Waals surface area contributed by atoms with E-state index in [1.54, 1.807) is 0 Å². The zero-order chi connectivity index (χ0) is 13.2. The summed E-state index contributed by atoms with van der Waals surface area (Å²) in [6.07, 6.45) is -3.74. The lowest BCUT2D eigenvalue weighted by molar-refractivity contribution is -0.153. The number of benzene rings is 1. The average molecular weight is 261 g/mol. The number of carboxylic acid groups (broad SMARTS) is 2. The summed E-state index contributed by atoms with van der Waals surface area (Å²) in [6, 6.07) is 3.38. The Morgan fingerprint density at radius 3 is 2.18 bits per heavy atom. The minimum Gasteiger partial charge on any atom is -0.479 e. The molecule has 1 rings (SSSR count). The normalized spacial score (nSPS) is 14.1. The highest BCUT2D eigenvalue weighted by atomic mass is 35.5. The molecule has 0 spiro atoms. The molecule has 0 aliphatic carbocycles. The van der Waals surface area contributed by atoms with Gasteiger partial charge in [-0.25, -0.2) is 9.59 Å². The first-order chi connectivity index (χ1) is 7.84. The predicted octanol–water partition coefficient (Wildman–Crippen LogP) is 0.517. The fourth-order valence-corrected chi connectivity index (χ4v) is 1.50. The molecule has 7 heteroatoms. The van der Waals surface area contributed by atoms with E-state index >= 15 is 0 Å². The van der Waals surface area contributed by atoms with Gasteiger partial charge in [0.15, 0.2) is 6.10 Å². The van der Waals surface area contributed by atoms with Crippen LogP contribution in [0.15, 0.2) is 18.2 Å². The van der Waals surface area contributed by atoms with Gasteiger partial charge in [-0.1, -0.05) is 17.7 Å². The van der Waals surface area contributed by atoms with Gasteiger partial charge in [0.1, 0.15) is 6.10 Å². The highest BCUT2D eigenvalue weighted by Gasteiger charge is 2.27. The van der Waals surface area contributed by atoms with E-state index in [2.05, 4.69) is 0 Å². The van der Waals surface area contributed by atoms with E-state index in [0.29, 0.717) is 0 Å². The topological polar surface area (TPSA) is 115 Å². The molecular weight excluding hydrogens is 252 g/mol. The standard InChI is InChI=1S/C10H9ClO6/c11-6-3-4(9(14)15)1-2-5(6)7(12)8(13)10(16)17/h1-3,7-8,12-13H,(H,14,15)(H,16,17). The highest BCUT2D eigenvalue weighted by molar-refractivity contribution is 6.31. The van der Waals surface area contributed by atoms with Crippen molar-refractivity contribution in [2.75, 3.05) is 0 Å². The molecule has 0 saturated carbocycles. The quantitative estimate of drug-likeness (QED) is 0.627. The van der Waals surface area contributed by atoms with Crippen molar-refractivity contribution >= 4 is 23.5 Å². The molecule has 1 aromatic rings. The number of rotatable bonds is 4. The van der Waals surface area contributed by atoms with E-state index in [0.717, 1.165) is 18.2 Å². The van der Waals surface area contributed by atoms with Crippen LogP contribution in [-0.4, -0.2) is 38.5 Å². The van der Waals surface area contributed by atoms with Crippen LogP contribution in [0.1, 0.15) is 22.0 Å². The summed E-state index contributed by atoms with van der Waals surface area (Å²) in [4.78, 5) is 21.1. The van der Waals surface area contributed by atoms with Gasteiger partial charge in [-0.3, -0.25) is 0 Å². The molecule has 0 amide bonds. The van der Waals surface area contributed by atoms with Gasteiger partial charge in [0, 0.05) is 10.6 Å². The molecule has 0 saturated heterocycles. The second-order valence-corrected chi connectivity index (χ2v) is 3.68. The van der Waals surface area contributed by atoms with Crippen LogP contribution < -0.4 is 0 Å². The number of aliphatic hydroxyl groups excluding tert-OH is 2. The third-order valence-electron chi connectivity index (χ3n) is 2.12. The largest absolute Gasteiger partial charge is 0.479 e. The maximum Gasteiger partial charge on any atom is 0.335 e. The van der Waals surface area contributed by atoms with Crippen LogP contribution in [0, 0.1) is 0 Å². The summed E-state index contributed by atoms with van der Waals surface area (Å²) in [5.74, 6) is -2.80. The van der Waals surface area contributed by atoms with Crippen molar-refractivity contribution in [2.45, 2.75) is 12.2 Å². The van der Waals surface area contributed by atoms with Crippen LogP contribution in [0.5, 0.6) is 0 Å². The molecule has 6 nitrogen and oxygen atoms in total. The lowest BCUT2D eigenvalue weighted by Gasteiger charge is -2.15. The van der Waals surface area contributed by atoms with Crippen molar-refractivity contribution in [3.63, 3.8) is 0 Å². The van der Waals surface area contributed by atoms with Gasteiger partial charge in [-0.2, -0.15) is 0 Å². The number of halogens is 1. The van der Waals surface area contributed by atoms with E-state index < -0.39 is 24.1 Å². The summed E-state index contributed by atoms with van der Waals surface area (Å²) >= 11 is 5.69. The molecule has 0 heterocycles. The molecule has 17 heavy (non-hydrogen) atoms. The van der Waals surface area contributed by atoms with Crippen LogP contribution in [0.4, 0.5) is 0 Å². The molecule has 0 bridgehead atoms. The first-order valence-electron chi connectivity index (χ1n) is 4.46. The molecule has 0 aromatic heterocycles. The van der Waals surface area contributed by atoms with E-state index in [1.165, 1.54) is 0 Å². The first-order valence-corrected chi connectivity index (χ1v) is 4.84. The summed E-state index contributed by atoms with van der Waals surface area (Å²) < 4.78 is 0. The molecular formula is C10H9ClO6. The maximum absolute atomic E-state index is 10.6. The van der Waals surface area contributed by atoms with Crippen LogP contribution in [-0.2, 0) is 4.79 Å². The Balaban J connectivity index is 3.08. The lowest BCUT2D eigenvalue weighted by atomic mass is 10.0. The summed E-state index contributed by atoms with van der Waals surface area (Å²) in [7, 11) is 0. The first kappa shape index (κ1) is 13.4. The van der Waals surface area contributed by atoms with Crippen LogP contribution in [0.2, 0.25) is 5.02 Å². The zero-order valence-electron chi connectivity index (χ0n) is 8.37. The van der Waals surface area contributed by atoms with Gasteiger partial charge in [0.25, 0.3) is 0 Å². The molecule has 2 unspecified atom stereocenters. The molecule has 0 fully saturated rings. The fraction of sp³-hybridized carbons (Fsp3) is 0.200. The Hall–Kier alpha value is -1.63. The van der Waals surface area contributed by atoms with Crippen molar-refractivity contribution in [3.8, 4) is 0 Å². The Morgan fingerprint density at radius 1 is 1.18 bits per heavy atom. The number of hydrogen-bond donors (Lipinski definition) is 4. The molecule has 0 radical (unpaired) electrons. The van der Waals surface area contributed by atoms with Crippen molar-refractivity contribution in [1.29, 1.82) is 0 Å². The van der Waals surface area contributed by atoms with Gasteiger partial charge < -0.3 is 20.4 Å². The second kappa shape index (κ2) is 5.13. The van der Waals surface area contributed by atoms with Crippen molar-refractivity contribution in [1.82, 2.24) is 0 Å². The minimum atomic E-state index is -2.02. The summed E-state index contributed by atoms with van der Waals surface area (Å²) in [5, 5.41) is 35.7. The second-order valence-electron chi connectivity index (χ2n) is 3.27. The van der Waals surface area contributed by atoms with Crippen LogP contribution in [0.3, 0.4) is 0 Å². The molecule has 1 aromatic carbocycles. The molecule has 92 valence electrons. The summed E-state index contributed by atoms with van der Waals surface area (Å²) in [5.41, 5.74) is -0.151. The Bertz CT molecular complexity index is 458. The monoisotopic (exact) mass is 260 g/mol. The molecule has 0 aliphatic rings. The number of carboxylic acids is 2. The van der Waals surface area contributed by atoms with Crippen molar-refractivity contribution in [2.24, 2.45) is 0 Å². The SMILES string of the molecule is O=C(O)c1ccc(C(O)C(O)C(=O)O)c(Cl)c1. The minimum absolute atomic E-state index is 0.0495. The zero-order valence-corrected chi connectivity index (χ0v) is 9.13. The smallest absolute Gasteiger partial charge is 0.335 e. The van der Waals surface area contributed by atoms with Gasteiger partial charge in [0.2, 0.25) is 0 Å². The fourth-order valence-electron chi connectivity index (χ4n) is 1.21. The highest BCUT2D eigenvalue weighted by Crippen LogP contribution is 2.26. The lowest BCUT2D eigenvalue weighted by Crippen LogP contribution is -2.27. The number of aliphatic carboxylic acids is 1. The Labute approximate surface area is 101 Å². The summed E-state index contributed by atoms with van der Waals surface area (Å²) in [6.45, 7) is 0. The Morgan fingerprint density at radius 2 is 1.76 bits per heavy atom. The number of carbonyl (C=O) groups is 2. The molecule has 0 aliphatic heterocycles. The third kappa shape index (κ3) is 2.94. The van der Waals surface area contributed by atoms with Gasteiger partial charge >= 0.3 is 11.9 Å². The van der Waals surface area contributed by atoms with Crippen molar-refractivity contribution in [3.05, 3.63) is 34.3 Å². The molecule has 2 atom stereocenters. The van der Waals surface area contributed by atoms with Gasteiger partial charge in [-0.15, -0.1) is 0 Å². The number of hydrogen-bond acceptors (Lipinski definition) is 4. The number of aliphatic hydroxyl groups is 2. The van der Waals surface area contributed by atoms with E-state index in [1.807, 2.05) is 0 Å². The van der Waals surface area contributed by atoms with Gasteiger partial charge in [0.05, 0.1) is 5.56 Å². The average Bonchev–Trinajstić information content (AvgIpc) is 2.26. The maximum atomic E-state index is 10.6. The van der Waals surface area contributed by atoms with Crippen LogP contribution in [0.25, 0.3) is 0 Å². The van der Waals surface area contributed by atoms with Crippen molar-refractivity contribution < 1.29 is 30.0 Å². The van der Waals surface area contributed by atoms with E-state index in [-0.39, 0.29) is 16.1 Å². The van der Waals surface area contributed by atoms with E-state index in [4.69, 9.17) is 26.9 Å². The van der Waals surface area contributed by atoms with E-state index in [9.17, 15) is 14.7 Å². The predicted molar refractivity (Wildman–Crippen MR) is 57.0 cm³/mol. The van der Waals surface area contributed by atoms with Gasteiger partial charge in [-0.05, 0) is 12.1 Å². The van der Waals surface area contributed by atoms with Crippen LogP contribution >= 0.6 is 11.6 Å². The Kier molecular flexibility index (Phi) is 4.06. The number of aromatic carboxylic acids is 1. The molecule has 4 N–H and O–H groups in total.